The summed E-state index contributed by atoms with van der Waals surface area (Å²) in [6.07, 6.45) is 3.96. The number of rotatable bonds is 2. The number of para-hydroxylation sites is 1. The number of ether oxygens (including phenoxy) is 2. The molecule has 0 bridgehead atoms. The van der Waals surface area contributed by atoms with Gasteiger partial charge in [-0.3, -0.25) is 5.32 Å². The fourth-order valence-corrected chi connectivity index (χ4v) is 2.26. The molecule has 1 aliphatic rings. The molecule has 2 aromatic rings. The first-order valence-electron chi connectivity index (χ1n) is 6.97. The molecular weight excluding hydrogens is 268 g/mol. The number of benzene rings is 1. The van der Waals surface area contributed by atoms with Crippen molar-refractivity contribution in [3.8, 4) is 11.6 Å². The van der Waals surface area contributed by atoms with E-state index in [0.29, 0.717) is 23.9 Å². The first-order valence-corrected chi connectivity index (χ1v) is 6.97. The zero-order valence-corrected chi connectivity index (χ0v) is 11.5. The van der Waals surface area contributed by atoms with Gasteiger partial charge in [0, 0.05) is 11.8 Å². The van der Waals surface area contributed by atoms with Gasteiger partial charge in [0.2, 0.25) is 5.88 Å². The van der Waals surface area contributed by atoms with E-state index in [9.17, 15) is 4.79 Å². The van der Waals surface area contributed by atoms with Crippen LogP contribution in [0.15, 0.2) is 42.6 Å². The number of hydrogen-bond donors (Lipinski definition) is 1. The maximum Gasteiger partial charge on any atom is 0.417 e. The first-order chi connectivity index (χ1) is 10.3. The third kappa shape index (κ3) is 3.31. The fraction of sp³-hybridized carbons (Fsp3) is 0.250. The lowest BCUT2D eigenvalue weighted by atomic mass is 10.1. The van der Waals surface area contributed by atoms with Gasteiger partial charge >= 0.3 is 6.09 Å². The summed E-state index contributed by atoms with van der Waals surface area (Å²) in [4.78, 5) is 16.2. The highest BCUT2D eigenvalue weighted by Crippen LogP contribution is 2.28. The van der Waals surface area contributed by atoms with Crippen LogP contribution in [-0.2, 0) is 6.42 Å². The van der Waals surface area contributed by atoms with Crippen LogP contribution in [0.25, 0.3) is 0 Å². The molecule has 1 N–H and O–H groups in total. The second-order valence-electron chi connectivity index (χ2n) is 4.78. The van der Waals surface area contributed by atoms with E-state index in [1.807, 2.05) is 18.2 Å². The monoisotopic (exact) mass is 284 g/mol. The molecular formula is C16H16N2O3. The van der Waals surface area contributed by atoms with E-state index < -0.39 is 6.09 Å². The van der Waals surface area contributed by atoms with Crippen molar-refractivity contribution in [2.45, 2.75) is 19.3 Å². The van der Waals surface area contributed by atoms with Gasteiger partial charge in [-0.05, 0) is 37.5 Å². The summed E-state index contributed by atoms with van der Waals surface area (Å²) in [6.45, 7) is 0.665. The van der Waals surface area contributed by atoms with E-state index in [1.165, 1.54) is 0 Å². The largest absolute Gasteiger partial charge is 0.477 e. The Morgan fingerprint density at radius 1 is 1.19 bits per heavy atom. The molecule has 3 rings (SSSR count). The molecule has 0 radical (unpaired) electrons. The van der Waals surface area contributed by atoms with Gasteiger partial charge in [0.15, 0.2) is 0 Å². The lowest BCUT2D eigenvalue weighted by Crippen LogP contribution is -2.18. The standard InChI is InChI=1S/C16H16N2O3/c19-16(21-12-6-2-1-3-7-12)18-14-9-10-17-15-13(14)8-4-5-11-20-15/h1-3,6-7,9-10H,4-5,8,11H2,(H,17,18,19). The van der Waals surface area contributed by atoms with Gasteiger partial charge < -0.3 is 9.47 Å². The lowest BCUT2D eigenvalue weighted by Gasteiger charge is -2.12. The third-order valence-corrected chi connectivity index (χ3v) is 3.27. The molecule has 1 amide bonds. The Morgan fingerprint density at radius 3 is 2.90 bits per heavy atom. The second-order valence-corrected chi connectivity index (χ2v) is 4.78. The molecule has 1 aromatic heterocycles. The number of aromatic nitrogens is 1. The topological polar surface area (TPSA) is 60.5 Å². The van der Waals surface area contributed by atoms with E-state index in [-0.39, 0.29) is 0 Å². The van der Waals surface area contributed by atoms with E-state index >= 15 is 0 Å². The van der Waals surface area contributed by atoms with E-state index in [0.717, 1.165) is 24.8 Å². The van der Waals surface area contributed by atoms with Gasteiger partial charge in [-0.1, -0.05) is 18.2 Å². The van der Waals surface area contributed by atoms with Gasteiger partial charge in [0.05, 0.1) is 12.3 Å². The smallest absolute Gasteiger partial charge is 0.417 e. The van der Waals surface area contributed by atoms with Crippen molar-refractivity contribution in [3.63, 3.8) is 0 Å². The highest BCUT2D eigenvalue weighted by atomic mass is 16.6. The summed E-state index contributed by atoms with van der Waals surface area (Å²) in [7, 11) is 0. The molecule has 5 heteroatoms. The highest BCUT2D eigenvalue weighted by Gasteiger charge is 2.16. The molecule has 5 nitrogen and oxygen atoms in total. The molecule has 0 aliphatic carbocycles. The number of fused-ring (bicyclic) bond motifs is 1. The van der Waals surface area contributed by atoms with Crippen LogP contribution < -0.4 is 14.8 Å². The Bertz CT molecular complexity index is 629. The minimum atomic E-state index is -0.515. The Balaban J connectivity index is 1.74. The quantitative estimate of drug-likeness (QED) is 0.918. The molecule has 1 aromatic carbocycles. The number of pyridine rings is 1. The van der Waals surface area contributed by atoms with Gasteiger partial charge in [0.25, 0.3) is 0 Å². The number of anilines is 1. The Kier molecular flexibility index (Phi) is 4.00. The second kappa shape index (κ2) is 6.26. The van der Waals surface area contributed by atoms with Crippen molar-refractivity contribution in [3.05, 3.63) is 48.2 Å². The average molecular weight is 284 g/mol. The summed E-state index contributed by atoms with van der Waals surface area (Å²) in [5, 5.41) is 2.77. The number of nitrogens with zero attached hydrogens (tertiary/aromatic N) is 1. The minimum absolute atomic E-state index is 0.506. The van der Waals surface area contributed by atoms with Crippen LogP contribution in [0.1, 0.15) is 18.4 Å². The van der Waals surface area contributed by atoms with Crippen LogP contribution in [0.5, 0.6) is 11.6 Å². The van der Waals surface area contributed by atoms with Crippen molar-refractivity contribution in [2.75, 3.05) is 11.9 Å². The van der Waals surface area contributed by atoms with Crippen molar-refractivity contribution >= 4 is 11.8 Å². The number of nitrogens with one attached hydrogen (secondary N) is 1. The van der Waals surface area contributed by atoms with Crippen LogP contribution in [-0.4, -0.2) is 17.7 Å². The number of carbonyl (C=O) groups excluding carboxylic acids is 1. The van der Waals surface area contributed by atoms with Crippen LogP contribution in [0, 0.1) is 0 Å². The predicted molar refractivity (Wildman–Crippen MR) is 78.8 cm³/mol. The maximum absolute atomic E-state index is 12.0. The Labute approximate surface area is 122 Å². The van der Waals surface area contributed by atoms with Gasteiger partial charge in [-0.15, -0.1) is 0 Å². The van der Waals surface area contributed by atoms with E-state index in [1.54, 1.807) is 24.4 Å². The van der Waals surface area contributed by atoms with Crippen LogP contribution >= 0.6 is 0 Å². The fourth-order valence-electron chi connectivity index (χ4n) is 2.26. The number of hydrogen-bond acceptors (Lipinski definition) is 4. The van der Waals surface area contributed by atoms with Crippen LogP contribution in [0.4, 0.5) is 10.5 Å². The van der Waals surface area contributed by atoms with Crippen molar-refractivity contribution in [1.29, 1.82) is 0 Å². The van der Waals surface area contributed by atoms with Crippen molar-refractivity contribution in [1.82, 2.24) is 4.98 Å². The number of carbonyl (C=O) groups is 1. The van der Waals surface area contributed by atoms with Gasteiger partial charge in [-0.25, -0.2) is 9.78 Å². The average Bonchev–Trinajstić information content (AvgIpc) is 2.74. The van der Waals surface area contributed by atoms with Crippen LogP contribution in [0.2, 0.25) is 0 Å². The minimum Gasteiger partial charge on any atom is -0.477 e. The third-order valence-electron chi connectivity index (χ3n) is 3.27. The molecule has 0 fully saturated rings. The predicted octanol–water partition coefficient (Wildman–Crippen LogP) is 3.41. The zero-order valence-electron chi connectivity index (χ0n) is 11.5. The summed E-state index contributed by atoms with van der Waals surface area (Å²) in [5.41, 5.74) is 1.63. The van der Waals surface area contributed by atoms with Gasteiger partial charge in [0.1, 0.15) is 5.75 Å². The zero-order chi connectivity index (χ0) is 14.5. The molecule has 0 spiro atoms. The maximum atomic E-state index is 12.0. The van der Waals surface area contributed by atoms with Gasteiger partial charge in [-0.2, -0.15) is 0 Å². The molecule has 0 saturated heterocycles. The SMILES string of the molecule is O=C(Nc1ccnc2c1CCCCO2)Oc1ccccc1. The van der Waals surface area contributed by atoms with Crippen molar-refractivity contribution in [2.24, 2.45) is 0 Å². The number of amides is 1. The summed E-state index contributed by atoms with van der Waals surface area (Å²) in [6, 6.07) is 10.7. The molecule has 0 atom stereocenters. The normalized spacial score (nSPS) is 13.5. The molecule has 0 saturated carbocycles. The summed E-state index contributed by atoms with van der Waals surface area (Å²) < 4.78 is 10.8. The Morgan fingerprint density at radius 2 is 2.05 bits per heavy atom. The first kappa shape index (κ1) is 13.4. The summed E-state index contributed by atoms with van der Waals surface area (Å²) in [5.74, 6) is 1.11. The van der Waals surface area contributed by atoms with Crippen LogP contribution in [0.3, 0.4) is 0 Å². The van der Waals surface area contributed by atoms with Crippen molar-refractivity contribution < 1.29 is 14.3 Å². The Hall–Kier alpha value is -2.56. The summed E-state index contributed by atoms with van der Waals surface area (Å²) >= 11 is 0. The molecule has 0 unspecified atom stereocenters. The molecule has 2 heterocycles. The van der Waals surface area contributed by atoms with E-state index in [2.05, 4.69) is 10.3 Å². The lowest BCUT2D eigenvalue weighted by molar-refractivity contribution is 0.215. The van der Waals surface area contributed by atoms with E-state index in [4.69, 9.17) is 9.47 Å². The molecule has 1 aliphatic heterocycles. The molecule has 21 heavy (non-hydrogen) atoms. The molecule has 108 valence electrons. The highest BCUT2D eigenvalue weighted by molar-refractivity contribution is 5.87.